The fraction of sp³-hybridized carbons (Fsp3) is 0.909. The Morgan fingerprint density at radius 2 is 1.92 bits per heavy atom. The van der Waals surface area contributed by atoms with Gasteiger partial charge in [0.1, 0.15) is 0 Å². The highest BCUT2D eigenvalue weighted by atomic mass is 16.2. The molecule has 2 atom stereocenters. The van der Waals surface area contributed by atoms with Crippen LogP contribution in [0.1, 0.15) is 46.0 Å². The van der Waals surface area contributed by atoms with Gasteiger partial charge in [0.05, 0.1) is 0 Å². The lowest BCUT2D eigenvalue weighted by atomic mass is 10.0. The molecule has 0 spiro atoms. The van der Waals surface area contributed by atoms with Gasteiger partial charge in [-0.05, 0) is 25.2 Å². The first-order valence-electron chi connectivity index (χ1n) is 5.34. The Morgan fingerprint density at radius 3 is 2.54 bits per heavy atom. The van der Waals surface area contributed by atoms with Crippen LogP contribution >= 0.6 is 0 Å². The second kappa shape index (κ2) is 4.64. The first-order chi connectivity index (χ1) is 6.11. The summed E-state index contributed by atoms with van der Waals surface area (Å²) in [6, 6.07) is 0.502. The van der Waals surface area contributed by atoms with E-state index in [9.17, 15) is 4.79 Å². The summed E-state index contributed by atoms with van der Waals surface area (Å²) in [6.07, 6.45) is 6.28. The van der Waals surface area contributed by atoms with E-state index in [1.165, 1.54) is 32.1 Å². The van der Waals surface area contributed by atoms with E-state index < -0.39 is 0 Å². The van der Waals surface area contributed by atoms with Crippen LogP contribution < -0.4 is 0 Å². The highest BCUT2D eigenvalue weighted by molar-refractivity contribution is 5.73. The first-order valence-corrected chi connectivity index (χ1v) is 5.34. The van der Waals surface area contributed by atoms with Crippen molar-refractivity contribution in [3.63, 3.8) is 0 Å². The SMILES string of the molecule is CC(=O)N(C)C1CCCC(C)CC1. The molecule has 76 valence electrons. The Morgan fingerprint density at radius 1 is 1.23 bits per heavy atom. The van der Waals surface area contributed by atoms with Crippen LogP contribution in [0.5, 0.6) is 0 Å². The molecule has 2 heteroatoms. The third-order valence-electron chi connectivity index (χ3n) is 3.27. The summed E-state index contributed by atoms with van der Waals surface area (Å²) in [6.45, 7) is 3.98. The van der Waals surface area contributed by atoms with Crippen molar-refractivity contribution in [2.75, 3.05) is 7.05 Å². The van der Waals surface area contributed by atoms with Crippen molar-refractivity contribution in [2.24, 2.45) is 5.92 Å². The van der Waals surface area contributed by atoms with Gasteiger partial charge in [-0.3, -0.25) is 4.79 Å². The summed E-state index contributed by atoms with van der Waals surface area (Å²) in [4.78, 5) is 13.1. The average Bonchev–Trinajstić information content (AvgIpc) is 2.28. The van der Waals surface area contributed by atoms with E-state index in [4.69, 9.17) is 0 Å². The van der Waals surface area contributed by atoms with Crippen LogP contribution in [0.3, 0.4) is 0 Å². The number of rotatable bonds is 1. The zero-order chi connectivity index (χ0) is 9.84. The smallest absolute Gasteiger partial charge is 0.219 e. The lowest BCUT2D eigenvalue weighted by Crippen LogP contribution is -2.34. The molecule has 1 saturated carbocycles. The molecule has 0 aromatic rings. The van der Waals surface area contributed by atoms with Gasteiger partial charge in [0.15, 0.2) is 0 Å². The zero-order valence-corrected chi connectivity index (χ0v) is 9.05. The van der Waals surface area contributed by atoms with E-state index in [1.54, 1.807) is 6.92 Å². The minimum Gasteiger partial charge on any atom is -0.343 e. The summed E-state index contributed by atoms with van der Waals surface area (Å²) in [5.74, 6) is 1.06. The van der Waals surface area contributed by atoms with Gasteiger partial charge in [0.25, 0.3) is 0 Å². The summed E-state index contributed by atoms with van der Waals surface area (Å²) in [5.41, 5.74) is 0. The standard InChI is InChI=1S/C11H21NO/c1-9-5-4-6-11(8-7-9)12(3)10(2)13/h9,11H,4-8H2,1-3H3. The van der Waals surface area contributed by atoms with Crippen LogP contribution in [-0.4, -0.2) is 23.9 Å². The summed E-state index contributed by atoms with van der Waals surface area (Å²) >= 11 is 0. The Kier molecular flexibility index (Phi) is 3.76. The van der Waals surface area contributed by atoms with Crippen molar-refractivity contribution in [3.8, 4) is 0 Å². The number of nitrogens with zero attached hydrogens (tertiary/aromatic N) is 1. The summed E-state index contributed by atoms with van der Waals surface area (Å²) < 4.78 is 0. The molecule has 1 amide bonds. The van der Waals surface area contributed by atoms with Crippen LogP contribution in [0.15, 0.2) is 0 Å². The van der Waals surface area contributed by atoms with Gasteiger partial charge in [-0.25, -0.2) is 0 Å². The fourth-order valence-electron chi connectivity index (χ4n) is 2.11. The second-order valence-electron chi connectivity index (χ2n) is 4.40. The van der Waals surface area contributed by atoms with Crippen molar-refractivity contribution >= 4 is 5.91 Å². The van der Waals surface area contributed by atoms with E-state index in [-0.39, 0.29) is 5.91 Å². The Labute approximate surface area is 81.3 Å². The maximum Gasteiger partial charge on any atom is 0.219 e. The highest BCUT2D eigenvalue weighted by Gasteiger charge is 2.20. The van der Waals surface area contributed by atoms with Gasteiger partial charge in [-0.1, -0.05) is 19.8 Å². The third kappa shape index (κ3) is 3.02. The minimum atomic E-state index is 0.208. The Balaban J connectivity index is 2.46. The second-order valence-corrected chi connectivity index (χ2v) is 4.40. The third-order valence-corrected chi connectivity index (χ3v) is 3.27. The number of amides is 1. The van der Waals surface area contributed by atoms with Gasteiger partial charge in [0.2, 0.25) is 5.91 Å². The zero-order valence-electron chi connectivity index (χ0n) is 9.05. The van der Waals surface area contributed by atoms with Crippen molar-refractivity contribution in [1.29, 1.82) is 0 Å². The van der Waals surface area contributed by atoms with Crippen molar-refractivity contribution in [3.05, 3.63) is 0 Å². The van der Waals surface area contributed by atoms with Gasteiger partial charge >= 0.3 is 0 Å². The molecule has 2 nitrogen and oxygen atoms in total. The largest absolute Gasteiger partial charge is 0.343 e. The minimum absolute atomic E-state index is 0.208. The highest BCUT2D eigenvalue weighted by Crippen LogP contribution is 2.25. The van der Waals surface area contributed by atoms with Gasteiger partial charge in [0, 0.05) is 20.0 Å². The molecule has 0 radical (unpaired) electrons. The molecule has 0 saturated heterocycles. The first kappa shape index (κ1) is 10.6. The molecule has 1 aliphatic rings. The molecular weight excluding hydrogens is 162 g/mol. The van der Waals surface area contributed by atoms with Crippen LogP contribution in [0.25, 0.3) is 0 Å². The predicted octanol–water partition coefficient (Wildman–Crippen LogP) is 2.43. The molecule has 0 aliphatic heterocycles. The number of carbonyl (C=O) groups is 1. The van der Waals surface area contributed by atoms with E-state index in [0.29, 0.717) is 6.04 Å². The van der Waals surface area contributed by atoms with Crippen molar-refractivity contribution in [2.45, 2.75) is 52.0 Å². The molecule has 0 N–H and O–H groups in total. The number of carbonyl (C=O) groups excluding carboxylic acids is 1. The average molecular weight is 183 g/mol. The molecular formula is C11H21NO. The molecule has 1 aliphatic carbocycles. The maximum absolute atomic E-state index is 11.2. The number of hydrogen-bond acceptors (Lipinski definition) is 1. The quantitative estimate of drug-likeness (QED) is 0.572. The molecule has 13 heavy (non-hydrogen) atoms. The van der Waals surface area contributed by atoms with Crippen LogP contribution in [-0.2, 0) is 4.79 Å². The van der Waals surface area contributed by atoms with Gasteiger partial charge < -0.3 is 4.90 Å². The Bertz CT molecular complexity index is 179. The van der Waals surface area contributed by atoms with E-state index in [2.05, 4.69) is 6.92 Å². The van der Waals surface area contributed by atoms with E-state index in [1.807, 2.05) is 11.9 Å². The van der Waals surface area contributed by atoms with Gasteiger partial charge in [-0.2, -0.15) is 0 Å². The topological polar surface area (TPSA) is 20.3 Å². The van der Waals surface area contributed by atoms with Crippen LogP contribution in [0, 0.1) is 5.92 Å². The lowest BCUT2D eigenvalue weighted by molar-refractivity contribution is -0.129. The van der Waals surface area contributed by atoms with Crippen LogP contribution in [0.2, 0.25) is 0 Å². The van der Waals surface area contributed by atoms with Crippen molar-refractivity contribution in [1.82, 2.24) is 4.90 Å². The molecule has 0 aromatic heterocycles. The molecule has 0 bridgehead atoms. The fourth-order valence-corrected chi connectivity index (χ4v) is 2.11. The maximum atomic E-state index is 11.2. The molecule has 2 unspecified atom stereocenters. The van der Waals surface area contributed by atoms with E-state index in [0.717, 1.165) is 5.92 Å². The molecule has 1 rings (SSSR count). The summed E-state index contributed by atoms with van der Waals surface area (Å²) in [5, 5.41) is 0. The predicted molar refractivity (Wildman–Crippen MR) is 54.5 cm³/mol. The summed E-state index contributed by atoms with van der Waals surface area (Å²) in [7, 11) is 1.93. The molecule has 0 aromatic carbocycles. The van der Waals surface area contributed by atoms with E-state index >= 15 is 0 Å². The molecule has 1 fully saturated rings. The van der Waals surface area contributed by atoms with Crippen LogP contribution in [0.4, 0.5) is 0 Å². The molecule has 0 heterocycles. The van der Waals surface area contributed by atoms with Gasteiger partial charge in [-0.15, -0.1) is 0 Å². The monoisotopic (exact) mass is 183 g/mol. The lowest BCUT2D eigenvalue weighted by Gasteiger charge is -2.25. The van der Waals surface area contributed by atoms with Crippen molar-refractivity contribution < 1.29 is 4.79 Å². The number of hydrogen-bond donors (Lipinski definition) is 0. The Hall–Kier alpha value is -0.530. The normalized spacial score (nSPS) is 29.5.